The molecule has 1 rings (SSSR count). The van der Waals surface area contributed by atoms with Crippen molar-refractivity contribution in [3.8, 4) is 0 Å². The summed E-state index contributed by atoms with van der Waals surface area (Å²) < 4.78 is 4.75. The van der Waals surface area contributed by atoms with Crippen LogP contribution in [0.2, 0.25) is 0 Å². The van der Waals surface area contributed by atoms with Crippen LogP contribution in [0.1, 0.15) is 73.8 Å². The number of amides is 7. The summed E-state index contributed by atoms with van der Waals surface area (Å²) in [6.07, 6.45) is 6.72. The molecule has 7 amide bonds. The lowest BCUT2D eigenvalue weighted by Crippen LogP contribution is -2.40. The van der Waals surface area contributed by atoms with Crippen molar-refractivity contribution < 1.29 is 43.1 Å². The number of rotatable bonds is 22. The van der Waals surface area contributed by atoms with Gasteiger partial charge in [0.05, 0.1) is 13.1 Å². The first kappa shape index (κ1) is 48.2. The molecule has 1 aromatic carbocycles. The maximum absolute atomic E-state index is 12.0. The molecule has 0 aliphatic rings. The van der Waals surface area contributed by atoms with Crippen LogP contribution in [-0.2, 0) is 49.5 Å². The molecule has 1 atom stereocenters. The number of hydrogen-bond donors (Lipinski definition) is 5. The van der Waals surface area contributed by atoms with Gasteiger partial charge >= 0.3 is 0 Å². The topological polar surface area (TPSA) is 209 Å². The molecule has 0 saturated heterocycles. The fraction of sp³-hybridized carbons (Fsp3) is 0.556. The smallest absolute Gasteiger partial charge is 0.252 e. The van der Waals surface area contributed by atoms with Crippen LogP contribution in [-0.4, -0.2) is 99.1 Å². The van der Waals surface area contributed by atoms with Crippen molar-refractivity contribution in [3.05, 3.63) is 48.0 Å². The van der Waals surface area contributed by atoms with Crippen molar-refractivity contribution in [2.45, 2.75) is 80.7 Å². The number of imide groups is 1. The first-order valence-electron chi connectivity index (χ1n) is 16.7. The van der Waals surface area contributed by atoms with Crippen molar-refractivity contribution in [2.24, 2.45) is 10.8 Å². The Labute approximate surface area is 302 Å². The second kappa shape index (κ2) is 27.9. The SMILES string of the molecule is C/C=C\C(=O)N(C=O)CC(C)(C)CCC(C)(C)C(=O)NCC.CC(=O)COCNC(=O)CNC=O.CC(Cc1ccccc1)NC(=O)CNC=O. The molecule has 0 aliphatic heterocycles. The summed E-state index contributed by atoms with van der Waals surface area (Å²) in [7, 11) is 0. The molecule has 5 N–H and O–H groups in total. The number of nitrogens with zero attached hydrogens (tertiary/aromatic N) is 1. The molecule has 15 heteroatoms. The molecular formula is C36H58N6O9. The van der Waals surface area contributed by atoms with Crippen LogP contribution >= 0.6 is 0 Å². The van der Waals surface area contributed by atoms with E-state index < -0.39 is 5.41 Å². The van der Waals surface area contributed by atoms with Crippen LogP contribution in [0.4, 0.5) is 0 Å². The van der Waals surface area contributed by atoms with Crippen LogP contribution in [0, 0.1) is 10.8 Å². The Morgan fingerprint density at radius 3 is 1.98 bits per heavy atom. The van der Waals surface area contributed by atoms with Crippen molar-refractivity contribution in [1.82, 2.24) is 31.5 Å². The molecule has 51 heavy (non-hydrogen) atoms. The number of hydrogen-bond acceptors (Lipinski definition) is 9. The number of allylic oxidation sites excluding steroid dienone is 1. The summed E-state index contributed by atoms with van der Waals surface area (Å²) in [5, 5.41) is 12.5. The predicted molar refractivity (Wildman–Crippen MR) is 194 cm³/mol. The van der Waals surface area contributed by atoms with Gasteiger partial charge in [-0.05, 0) is 64.0 Å². The Balaban J connectivity index is 0. The van der Waals surface area contributed by atoms with E-state index in [1.807, 2.05) is 71.9 Å². The van der Waals surface area contributed by atoms with E-state index >= 15 is 0 Å². The predicted octanol–water partition coefficient (Wildman–Crippen LogP) is 1.41. The van der Waals surface area contributed by atoms with Gasteiger partial charge in [0.2, 0.25) is 37.0 Å². The van der Waals surface area contributed by atoms with Gasteiger partial charge in [0.15, 0.2) is 5.78 Å². The Morgan fingerprint density at radius 1 is 0.882 bits per heavy atom. The van der Waals surface area contributed by atoms with Gasteiger partial charge in [-0.25, -0.2) is 0 Å². The average Bonchev–Trinajstić information content (AvgIpc) is 3.07. The normalized spacial score (nSPS) is 11.2. The van der Waals surface area contributed by atoms with Crippen molar-refractivity contribution >= 4 is 48.6 Å². The summed E-state index contributed by atoms with van der Waals surface area (Å²) in [6, 6.07) is 10.00. The number of benzene rings is 1. The fourth-order valence-electron chi connectivity index (χ4n) is 4.11. The lowest BCUT2D eigenvalue weighted by Gasteiger charge is -2.32. The van der Waals surface area contributed by atoms with Crippen LogP contribution < -0.4 is 26.6 Å². The zero-order valence-corrected chi connectivity index (χ0v) is 31.3. The molecule has 0 spiro atoms. The minimum atomic E-state index is -0.466. The van der Waals surface area contributed by atoms with E-state index in [1.165, 1.54) is 23.5 Å². The largest absolute Gasteiger partial charge is 0.356 e. The van der Waals surface area contributed by atoms with Gasteiger partial charge in [-0.2, -0.15) is 0 Å². The fourth-order valence-corrected chi connectivity index (χ4v) is 4.11. The Bertz CT molecular complexity index is 1250. The first-order valence-corrected chi connectivity index (χ1v) is 16.7. The second-order valence-electron chi connectivity index (χ2n) is 12.9. The Morgan fingerprint density at radius 2 is 1.47 bits per heavy atom. The molecule has 0 heterocycles. The van der Waals surface area contributed by atoms with Crippen LogP contribution in [0.3, 0.4) is 0 Å². The molecule has 0 aromatic heterocycles. The summed E-state index contributed by atoms with van der Waals surface area (Å²) in [5.74, 6) is -0.928. The minimum Gasteiger partial charge on any atom is -0.356 e. The van der Waals surface area contributed by atoms with E-state index in [0.29, 0.717) is 38.7 Å². The zero-order chi connectivity index (χ0) is 39.3. The van der Waals surface area contributed by atoms with Gasteiger partial charge in [0.25, 0.3) is 5.91 Å². The van der Waals surface area contributed by atoms with Gasteiger partial charge in [-0.1, -0.05) is 64.1 Å². The highest BCUT2D eigenvalue weighted by Crippen LogP contribution is 2.31. The molecule has 0 radical (unpaired) electrons. The molecule has 0 saturated carbocycles. The summed E-state index contributed by atoms with van der Waals surface area (Å²) in [4.78, 5) is 88.2. The van der Waals surface area contributed by atoms with Crippen LogP contribution in [0.25, 0.3) is 0 Å². The first-order chi connectivity index (χ1) is 24.0. The zero-order valence-electron chi connectivity index (χ0n) is 31.3. The van der Waals surface area contributed by atoms with Gasteiger partial charge in [-0.15, -0.1) is 0 Å². The lowest BCUT2D eigenvalue weighted by atomic mass is 9.78. The summed E-state index contributed by atoms with van der Waals surface area (Å²) in [5.41, 5.74) is 0.466. The minimum absolute atomic E-state index is 0.0264. The summed E-state index contributed by atoms with van der Waals surface area (Å²) >= 11 is 0. The maximum Gasteiger partial charge on any atom is 0.252 e. The van der Waals surface area contributed by atoms with E-state index in [9.17, 15) is 38.4 Å². The molecule has 0 aliphatic carbocycles. The van der Waals surface area contributed by atoms with E-state index in [1.54, 1.807) is 13.0 Å². The highest BCUT2D eigenvalue weighted by molar-refractivity contribution is 5.94. The van der Waals surface area contributed by atoms with E-state index in [-0.39, 0.29) is 67.3 Å². The number of carbonyl (C=O) groups excluding carboxylic acids is 8. The second-order valence-corrected chi connectivity index (χ2v) is 12.9. The number of ether oxygens (including phenoxy) is 1. The Hall–Kier alpha value is -4.92. The van der Waals surface area contributed by atoms with Gasteiger partial charge in [-0.3, -0.25) is 43.3 Å². The van der Waals surface area contributed by atoms with E-state index in [2.05, 4.69) is 26.6 Å². The quantitative estimate of drug-likeness (QED) is 0.0507. The lowest BCUT2D eigenvalue weighted by molar-refractivity contribution is -0.137. The van der Waals surface area contributed by atoms with E-state index in [4.69, 9.17) is 4.74 Å². The summed E-state index contributed by atoms with van der Waals surface area (Å²) in [6.45, 7) is 15.6. The van der Waals surface area contributed by atoms with Crippen LogP contribution in [0.5, 0.6) is 0 Å². The molecule has 0 fully saturated rings. The van der Waals surface area contributed by atoms with Crippen molar-refractivity contribution in [1.29, 1.82) is 0 Å². The standard InChI is InChI=1S/C17H30N2O3.C12H16N2O2.C7H12N2O4/c1-7-9-14(21)19(13-20)12-16(3,4)10-11-17(5,6)15(22)18-8-2;1-10(14-12(16)8-13-9-15)7-11-5-3-2-4-6-11;1-6(11)3-13-5-9-7(12)2-8-4-10/h7,9,13H,8,10-12H2,1-6H3,(H,18,22);2-6,9-10H,7-8H2,1H3,(H,13,15)(H,14,16);4H,2-3,5H2,1H3,(H,8,10)(H,9,12)/b9-7-;;. The third-order valence-electron chi connectivity index (χ3n) is 6.86. The third kappa shape index (κ3) is 26.6. The van der Waals surface area contributed by atoms with Gasteiger partial charge in [0, 0.05) is 24.5 Å². The molecule has 0 bridgehead atoms. The highest BCUT2D eigenvalue weighted by atomic mass is 16.5. The van der Waals surface area contributed by atoms with Crippen molar-refractivity contribution in [3.63, 3.8) is 0 Å². The Kier molecular flexibility index (Phi) is 26.3. The number of carbonyl (C=O) groups is 8. The maximum atomic E-state index is 12.0. The average molecular weight is 719 g/mol. The number of Topliss-reactive ketones (excluding diaryl/α,β-unsaturated/α-hetero) is 1. The molecular weight excluding hydrogens is 660 g/mol. The monoisotopic (exact) mass is 718 g/mol. The number of nitrogens with one attached hydrogen (secondary N) is 5. The van der Waals surface area contributed by atoms with Crippen LogP contribution in [0.15, 0.2) is 42.5 Å². The third-order valence-corrected chi connectivity index (χ3v) is 6.86. The van der Waals surface area contributed by atoms with Crippen molar-refractivity contribution in [2.75, 3.05) is 39.5 Å². The molecule has 15 nitrogen and oxygen atoms in total. The number of ketones is 1. The highest BCUT2D eigenvalue weighted by Gasteiger charge is 2.31. The molecule has 1 aromatic rings. The molecule has 1 unspecified atom stereocenters. The van der Waals surface area contributed by atoms with E-state index in [0.717, 1.165) is 12.8 Å². The molecule has 286 valence electrons. The van der Waals surface area contributed by atoms with Gasteiger partial charge in [0.1, 0.15) is 13.3 Å². The van der Waals surface area contributed by atoms with Gasteiger partial charge < -0.3 is 31.3 Å².